The highest BCUT2D eigenvalue weighted by molar-refractivity contribution is 5.80. The SMILES string of the molecule is CCCc1nc(N)cc(N(C)CC(=O)NC)n1. The average molecular weight is 237 g/mol. The van der Waals surface area contributed by atoms with E-state index in [-0.39, 0.29) is 12.5 Å². The Labute approximate surface area is 101 Å². The lowest BCUT2D eigenvalue weighted by Crippen LogP contribution is -2.33. The topological polar surface area (TPSA) is 84.1 Å². The summed E-state index contributed by atoms with van der Waals surface area (Å²) in [5, 5.41) is 2.56. The fourth-order valence-electron chi connectivity index (χ4n) is 1.41. The number of nitrogen functional groups attached to an aromatic ring is 1. The number of hydrogen-bond donors (Lipinski definition) is 2. The molecule has 1 heterocycles. The number of rotatable bonds is 5. The van der Waals surface area contributed by atoms with E-state index in [0.29, 0.717) is 17.5 Å². The van der Waals surface area contributed by atoms with E-state index in [4.69, 9.17) is 5.73 Å². The first-order chi connectivity index (χ1) is 8.06. The molecule has 0 spiro atoms. The quantitative estimate of drug-likeness (QED) is 0.764. The van der Waals surface area contributed by atoms with Gasteiger partial charge >= 0.3 is 0 Å². The van der Waals surface area contributed by atoms with Gasteiger partial charge in [0, 0.05) is 26.6 Å². The number of aromatic nitrogens is 2. The van der Waals surface area contributed by atoms with Crippen LogP contribution in [0.5, 0.6) is 0 Å². The molecule has 6 heteroatoms. The van der Waals surface area contributed by atoms with Crippen molar-refractivity contribution < 1.29 is 4.79 Å². The Balaban J connectivity index is 2.85. The van der Waals surface area contributed by atoms with Gasteiger partial charge in [-0.05, 0) is 6.42 Å². The smallest absolute Gasteiger partial charge is 0.239 e. The van der Waals surface area contributed by atoms with Crippen LogP contribution in [0, 0.1) is 0 Å². The first-order valence-electron chi connectivity index (χ1n) is 5.62. The van der Waals surface area contributed by atoms with Crippen LogP contribution in [0.1, 0.15) is 19.2 Å². The maximum atomic E-state index is 11.3. The van der Waals surface area contributed by atoms with Crippen molar-refractivity contribution in [2.75, 3.05) is 31.3 Å². The second kappa shape index (κ2) is 6.03. The summed E-state index contributed by atoms with van der Waals surface area (Å²) in [6.07, 6.45) is 1.74. The minimum atomic E-state index is -0.0678. The van der Waals surface area contributed by atoms with Gasteiger partial charge in [-0.1, -0.05) is 6.92 Å². The fraction of sp³-hybridized carbons (Fsp3) is 0.545. The second-order valence-electron chi connectivity index (χ2n) is 3.85. The minimum Gasteiger partial charge on any atom is -0.384 e. The number of carbonyl (C=O) groups excluding carboxylic acids is 1. The third kappa shape index (κ3) is 3.90. The van der Waals surface area contributed by atoms with Gasteiger partial charge in [-0.2, -0.15) is 0 Å². The first kappa shape index (κ1) is 13.2. The first-order valence-corrected chi connectivity index (χ1v) is 5.62. The van der Waals surface area contributed by atoms with Crippen molar-refractivity contribution in [2.45, 2.75) is 19.8 Å². The molecule has 0 unspecified atom stereocenters. The number of hydrogen-bond acceptors (Lipinski definition) is 5. The van der Waals surface area contributed by atoms with Gasteiger partial charge in [-0.15, -0.1) is 0 Å². The molecule has 1 aromatic heterocycles. The third-order valence-corrected chi connectivity index (χ3v) is 2.30. The van der Waals surface area contributed by atoms with E-state index in [2.05, 4.69) is 22.2 Å². The summed E-state index contributed by atoms with van der Waals surface area (Å²) in [6.45, 7) is 2.30. The molecule has 3 N–H and O–H groups in total. The maximum Gasteiger partial charge on any atom is 0.239 e. The van der Waals surface area contributed by atoms with Gasteiger partial charge in [0.05, 0.1) is 6.54 Å². The summed E-state index contributed by atoms with van der Waals surface area (Å²) in [6, 6.07) is 1.67. The Morgan fingerprint density at radius 1 is 1.53 bits per heavy atom. The van der Waals surface area contributed by atoms with E-state index >= 15 is 0 Å². The second-order valence-corrected chi connectivity index (χ2v) is 3.85. The largest absolute Gasteiger partial charge is 0.384 e. The van der Waals surface area contributed by atoms with Crippen molar-refractivity contribution in [1.82, 2.24) is 15.3 Å². The molecule has 0 aliphatic rings. The normalized spacial score (nSPS) is 10.1. The predicted molar refractivity (Wildman–Crippen MR) is 67.8 cm³/mol. The molecule has 17 heavy (non-hydrogen) atoms. The third-order valence-electron chi connectivity index (χ3n) is 2.30. The summed E-state index contributed by atoms with van der Waals surface area (Å²) in [7, 11) is 3.40. The lowest BCUT2D eigenvalue weighted by molar-refractivity contribution is -0.119. The van der Waals surface area contributed by atoms with E-state index < -0.39 is 0 Å². The Morgan fingerprint density at radius 3 is 2.82 bits per heavy atom. The summed E-state index contributed by atoms with van der Waals surface area (Å²) in [5.41, 5.74) is 5.71. The predicted octanol–water partition coefficient (Wildman–Crippen LogP) is 0.194. The van der Waals surface area contributed by atoms with Crippen molar-refractivity contribution >= 4 is 17.5 Å². The molecular formula is C11H19N5O. The molecule has 0 aromatic carbocycles. The number of nitrogens with two attached hydrogens (primary N) is 1. The number of nitrogens with zero attached hydrogens (tertiary/aromatic N) is 3. The maximum absolute atomic E-state index is 11.3. The lowest BCUT2D eigenvalue weighted by atomic mass is 10.3. The molecule has 0 radical (unpaired) electrons. The number of aryl methyl sites for hydroxylation is 1. The van der Waals surface area contributed by atoms with Gasteiger partial charge in [-0.25, -0.2) is 9.97 Å². The monoisotopic (exact) mass is 237 g/mol. The van der Waals surface area contributed by atoms with Crippen LogP contribution in [0.4, 0.5) is 11.6 Å². The molecule has 6 nitrogen and oxygen atoms in total. The van der Waals surface area contributed by atoms with Crippen molar-refractivity contribution in [3.05, 3.63) is 11.9 Å². The Hall–Kier alpha value is -1.85. The number of nitrogens with one attached hydrogen (secondary N) is 1. The molecule has 0 fully saturated rings. The van der Waals surface area contributed by atoms with Crippen molar-refractivity contribution in [1.29, 1.82) is 0 Å². The molecule has 1 aromatic rings. The fourth-order valence-corrected chi connectivity index (χ4v) is 1.41. The molecule has 1 rings (SSSR count). The van der Waals surface area contributed by atoms with Crippen molar-refractivity contribution in [2.24, 2.45) is 0 Å². The molecule has 0 saturated carbocycles. The zero-order chi connectivity index (χ0) is 12.8. The number of likely N-dealkylation sites (N-methyl/N-ethyl adjacent to an activating group) is 2. The van der Waals surface area contributed by atoms with Crippen LogP contribution in [-0.4, -0.2) is 36.5 Å². The van der Waals surface area contributed by atoms with Crippen LogP contribution < -0.4 is 16.0 Å². The van der Waals surface area contributed by atoms with E-state index in [1.54, 1.807) is 25.1 Å². The molecule has 94 valence electrons. The summed E-state index contributed by atoms with van der Waals surface area (Å²) < 4.78 is 0. The highest BCUT2D eigenvalue weighted by Gasteiger charge is 2.09. The lowest BCUT2D eigenvalue weighted by Gasteiger charge is -2.17. The molecule has 0 aliphatic heterocycles. The minimum absolute atomic E-state index is 0.0678. The molecular weight excluding hydrogens is 218 g/mol. The number of anilines is 2. The van der Waals surface area contributed by atoms with Crippen LogP contribution in [0.2, 0.25) is 0 Å². The van der Waals surface area contributed by atoms with Crippen molar-refractivity contribution in [3.63, 3.8) is 0 Å². The Morgan fingerprint density at radius 2 is 2.24 bits per heavy atom. The van der Waals surface area contributed by atoms with E-state index in [0.717, 1.165) is 12.8 Å². The standard InChI is InChI=1S/C11H19N5O/c1-4-5-9-14-8(12)6-10(15-9)16(3)7-11(17)13-2/h6H,4-5,7H2,1-3H3,(H,13,17)(H2,12,14,15). The number of amides is 1. The highest BCUT2D eigenvalue weighted by Crippen LogP contribution is 2.13. The average Bonchev–Trinajstić information content (AvgIpc) is 2.28. The van der Waals surface area contributed by atoms with Crippen LogP contribution in [0.25, 0.3) is 0 Å². The van der Waals surface area contributed by atoms with Crippen LogP contribution in [-0.2, 0) is 11.2 Å². The molecule has 0 saturated heterocycles. The van der Waals surface area contributed by atoms with E-state index in [1.165, 1.54) is 0 Å². The van der Waals surface area contributed by atoms with Crippen molar-refractivity contribution in [3.8, 4) is 0 Å². The zero-order valence-corrected chi connectivity index (χ0v) is 10.5. The highest BCUT2D eigenvalue weighted by atomic mass is 16.1. The summed E-state index contributed by atoms with van der Waals surface area (Å²) in [5.74, 6) is 1.75. The van der Waals surface area contributed by atoms with Gasteiger partial charge in [0.2, 0.25) is 5.91 Å². The van der Waals surface area contributed by atoms with Gasteiger partial charge in [0.1, 0.15) is 17.5 Å². The van der Waals surface area contributed by atoms with Crippen LogP contribution >= 0.6 is 0 Å². The van der Waals surface area contributed by atoms with Gasteiger partial charge in [0.25, 0.3) is 0 Å². The summed E-state index contributed by atoms with van der Waals surface area (Å²) >= 11 is 0. The Kier molecular flexibility index (Phi) is 4.68. The van der Waals surface area contributed by atoms with E-state index in [9.17, 15) is 4.79 Å². The van der Waals surface area contributed by atoms with Crippen LogP contribution in [0.3, 0.4) is 0 Å². The molecule has 0 aliphatic carbocycles. The van der Waals surface area contributed by atoms with Gasteiger partial charge in [0.15, 0.2) is 0 Å². The van der Waals surface area contributed by atoms with E-state index in [1.807, 2.05) is 0 Å². The van der Waals surface area contributed by atoms with Gasteiger partial charge in [-0.3, -0.25) is 4.79 Å². The molecule has 1 amide bonds. The van der Waals surface area contributed by atoms with Crippen LogP contribution in [0.15, 0.2) is 6.07 Å². The van der Waals surface area contributed by atoms with Gasteiger partial charge < -0.3 is 16.0 Å². The molecule has 0 atom stereocenters. The number of carbonyl (C=O) groups is 1. The Bertz CT molecular complexity index is 393. The summed E-state index contributed by atoms with van der Waals surface area (Å²) in [4.78, 5) is 21.5. The zero-order valence-electron chi connectivity index (χ0n) is 10.5. The molecule has 0 bridgehead atoms.